The van der Waals surface area contributed by atoms with Gasteiger partial charge in [-0.3, -0.25) is 4.98 Å². The monoisotopic (exact) mass is 393 g/mol. The lowest BCUT2D eigenvalue weighted by molar-refractivity contribution is 0.206. The average Bonchev–Trinajstić information content (AvgIpc) is 3.43. The van der Waals surface area contributed by atoms with Gasteiger partial charge in [0.1, 0.15) is 11.5 Å². The molecule has 1 saturated heterocycles. The second kappa shape index (κ2) is 8.22. The molecule has 8 heteroatoms. The highest BCUT2D eigenvalue weighted by molar-refractivity contribution is 5.89. The summed E-state index contributed by atoms with van der Waals surface area (Å²) in [6, 6.07) is 9.14. The Morgan fingerprint density at radius 2 is 2.00 bits per heavy atom. The first-order valence-electron chi connectivity index (χ1n) is 9.44. The Morgan fingerprint density at radius 1 is 1.17 bits per heavy atom. The van der Waals surface area contributed by atoms with Crippen LogP contribution in [0.1, 0.15) is 24.4 Å². The van der Waals surface area contributed by atoms with Crippen LogP contribution >= 0.6 is 0 Å². The van der Waals surface area contributed by atoms with Crippen molar-refractivity contribution in [3.63, 3.8) is 0 Å². The number of likely N-dealkylation sites (tertiary alicyclic amines) is 1. The number of nitrogens with one attached hydrogen (secondary N) is 1. The van der Waals surface area contributed by atoms with Gasteiger partial charge in [-0.1, -0.05) is 0 Å². The van der Waals surface area contributed by atoms with Gasteiger partial charge in [0.15, 0.2) is 0 Å². The van der Waals surface area contributed by atoms with E-state index in [2.05, 4.69) is 15.4 Å². The molecule has 2 amide bonds. The lowest BCUT2D eigenvalue weighted by Crippen LogP contribution is -2.34. The Hall–Kier alpha value is -3.55. The zero-order valence-electron chi connectivity index (χ0n) is 16.4. The molecule has 1 aromatic carbocycles. The summed E-state index contributed by atoms with van der Waals surface area (Å²) in [5.74, 6) is 1.49. The van der Waals surface area contributed by atoms with Gasteiger partial charge >= 0.3 is 6.03 Å². The molecule has 0 spiro atoms. The van der Waals surface area contributed by atoms with E-state index < -0.39 is 0 Å². The molecular formula is C21H23N5O3. The zero-order valence-corrected chi connectivity index (χ0v) is 16.4. The molecule has 0 saturated carbocycles. The van der Waals surface area contributed by atoms with Gasteiger partial charge < -0.3 is 19.7 Å². The predicted octanol–water partition coefficient (Wildman–Crippen LogP) is 3.65. The van der Waals surface area contributed by atoms with E-state index in [9.17, 15) is 4.79 Å². The number of carbonyl (C=O) groups is 1. The molecule has 1 fully saturated rings. The summed E-state index contributed by atoms with van der Waals surface area (Å²) in [5, 5.41) is 7.27. The molecule has 1 atom stereocenters. The number of aromatic nitrogens is 3. The maximum atomic E-state index is 13.0. The Morgan fingerprint density at radius 3 is 2.76 bits per heavy atom. The van der Waals surface area contributed by atoms with E-state index in [1.54, 1.807) is 43.7 Å². The summed E-state index contributed by atoms with van der Waals surface area (Å²) < 4.78 is 12.6. The van der Waals surface area contributed by atoms with Crippen molar-refractivity contribution in [3.8, 4) is 17.2 Å². The van der Waals surface area contributed by atoms with Crippen LogP contribution in [0.3, 0.4) is 0 Å². The van der Waals surface area contributed by atoms with Crippen LogP contribution in [-0.2, 0) is 0 Å². The van der Waals surface area contributed by atoms with E-state index in [-0.39, 0.29) is 12.1 Å². The van der Waals surface area contributed by atoms with Crippen molar-refractivity contribution in [2.45, 2.75) is 18.9 Å². The van der Waals surface area contributed by atoms with Gasteiger partial charge in [0.05, 0.1) is 44.0 Å². The molecule has 8 nitrogen and oxygen atoms in total. The van der Waals surface area contributed by atoms with Gasteiger partial charge in [0, 0.05) is 24.5 Å². The first-order chi connectivity index (χ1) is 14.2. The van der Waals surface area contributed by atoms with Crippen molar-refractivity contribution in [2.24, 2.45) is 0 Å². The average molecular weight is 393 g/mol. The van der Waals surface area contributed by atoms with E-state index in [1.807, 2.05) is 35.2 Å². The van der Waals surface area contributed by atoms with Gasteiger partial charge in [-0.2, -0.15) is 5.10 Å². The second-order valence-corrected chi connectivity index (χ2v) is 6.77. The maximum absolute atomic E-state index is 13.0. The first-order valence-corrected chi connectivity index (χ1v) is 9.44. The van der Waals surface area contributed by atoms with E-state index in [1.165, 1.54) is 0 Å². The number of ether oxygens (including phenoxy) is 2. The standard InChI is InChI=1S/C21H23N5O3/c1-28-17-5-6-20(29-2)18(12-17)19-4-3-11-25(19)21(27)24-15-13-23-26(14-15)16-7-9-22-10-8-16/h5-10,12-14,19H,3-4,11H2,1-2H3,(H,24,27)/t19-/m0/s1. The normalized spacial score (nSPS) is 15.9. The third-order valence-electron chi connectivity index (χ3n) is 5.07. The molecule has 2 aromatic heterocycles. The number of anilines is 1. The lowest BCUT2D eigenvalue weighted by Gasteiger charge is -2.26. The van der Waals surface area contributed by atoms with Crippen molar-refractivity contribution in [1.82, 2.24) is 19.7 Å². The highest BCUT2D eigenvalue weighted by Crippen LogP contribution is 2.39. The second-order valence-electron chi connectivity index (χ2n) is 6.77. The molecule has 1 N–H and O–H groups in total. The summed E-state index contributed by atoms with van der Waals surface area (Å²) >= 11 is 0. The van der Waals surface area contributed by atoms with Crippen LogP contribution in [0, 0.1) is 0 Å². The molecule has 0 radical (unpaired) electrons. The van der Waals surface area contributed by atoms with Crippen molar-refractivity contribution in [3.05, 3.63) is 60.7 Å². The van der Waals surface area contributed by atoms with Crippen LogP contribution in [0.5, 0.6) is 11.5 Å². The summed E-state index contributed by atoms with van der Waals surface area (Å²) in [7, 11) is 3.27. The number of methoxy groups -OCH3 is 2. The highest BCUT2D eigenvalue weighted by atomic mass is 16.5. The predicted molar refractivity (Wildman–Crippen MR) is 109 cm³/mol. The van der Waals surface area contributed by atoms with Crippen LogP contribution in [0.2, 0.25) is 0 Å². The summed E-state index contributed by atoms with van der Waals surface area (Å²) in [6.07, 6.45) is 8.61. The molecule has 4 rings (SSSR count). The molecule has 1 aliphatic rings. The summed E-state index contributed by atoms with van der Waals surface area (Å²) in [4.78, 5) is 18.8. The Bertz CT molecular complexity index is 989. The van der Waals surface area contributed by atoms with Crippen LogP contribution < -0.4 is 14.8 Å². The third kappa shape index (κ3) is 3.87. The van der Waals surface area contributed by atoms with Gasteiger partial charge in [0.25, 0.3) is 0 Å². The van der Waals surface area contributed by atoms with Gasteiger partial charge in [-0.15, -0.1) is 0 Å². The van der Waals surface area contributed by atoms with Gasteiger partial charge in [-0.25, -0.2) is 9.48 Å². The number of carbonyl (C=O) groups excluding carboxylic acids is 1. The maximum Gasteiger partial charge on any atom is 0.322 e. The van der Waals surface area contributed by atoms with Crippen LogP contribution in [-0.4, -0.2) is 46.5 Å². The molecule has 29 heavy (non-hydrogen) atoms. The number of nitrogens with zero attached hydrogens (tertiary/aromatic N) is 4. The van der Waals surface area contributed by atoms with Crippen LogP contribution in [0.15, 0.2) is 55.1 Å². The summed E-state index contributed by atoms with van der Waals surface area (Å²) in [5.41, 5.74) is 2.46. The fourth-order valence-corrected chi connectivity index (χ4v) is 3.65. The molecule has 1 aliphatic heterocycles. The number of hydrogen-bond acceptors (Lipinski definition) is 5. The minimum atomic E-state index is -0.161. The number of pyridine rings is 1. The van der Waals surface area contributed by atoms with E-state index in [0.29, 0.717) is 12.2 Å². The van der Waals surface area contributed by atoms with Gasteiger partial charge in [-0.05, 0) is 43.2 Å². The van der Waals surface area contributed by atoms with Crippen LogP contribution in [0.25, 0.3) is 5.69 Å². The Kier molecular flexibility index (Phi) is 5.33. The largest absolute Gasteiger partial charge is 0.497 e. The molecule has 150 valence electrons. The number of hydrogen-bond donors (Lipinski definition) is 1. The third-order valence-corrected chi connectivity index (χ3v) is 5.07. The fourth-order valence-electron chi connectivity index (χ4n) is 3.65. The van der Waals surface area contributed by atoms with E-state index >= 15 is 0 Å². The smallest absolute Gasteiger partial charge is 0.322 e. The minimum absolute atomic E-state index is 0.0738. The van der Waals surface area contributed by atoms with E-state index in [4.69, 9.17) is 9.47 Å². The molecule has 3 aromatic rings. The molecule has 0 bridgehead atoms. The molecule has 0 unspecified atom stereocenters. The topological polar surface area (TPSA) is 81.5 Å². The SMILES string of the molecule is COc1ccc(OC)c([C@@H]2CCCN2C(=O)Nc2cnn(-c3ccncc3)c2)c1. The first kappa shape index (κ1) is 18.8. The lowest BCUT2D eigenvalue weighted by atomic mass is 10.0. The van der Waals surface area contributed by atoms with Crippen molar-refractivity contribution >= 4 is 11.7 Å². The molecule has 3 heterocycles. The Labute approximate surface area is 169 Å². The van der Waals surface area contributed by atoms with Gasteiger partial charge in [0.2, 0.25) is 0 Å². The number of urea groups is 1. The Balaban J connectivity index is 1.52. The van der Waals surface area contributed by atoms with E-state index in [0.717, 1.165) is 35.6 Å². The van der Waals surface area contributed by atoms with Crippen molar-refractivity contribution in [2.75, 3.05) is 26.1 Å². The zero-order chi connectivity index (χ0) is 20.2. The van der Waals surface area contributed by atoms with Crippen LogP contribution in [0.4, 0.5) is 10.5 Å². The fraction of sp³-hybridized carbons (Fsp3) is 0.286. The minimum Gasteiger partial charge on any atom is -0.497 e. The number of rotatable bonds is 5. The number of benzene rings is 1. The summed E-state index contributed by atoms with van der Waals surface area (Å²) in [6.45, 7) is 0.676. The van der Waals surface area contributed by atoms with Crippen molar-refractivity contribution < 1.29 is 14.3 Å². The number of amides is 2. The highest BCUT2D eigenvalue weighted by Gasteiger charge is 2.32. The molecular weight excluding hydrogens is 370 g/mol. The van der Waals surface area contributed by atoms with Crippen molar-refractivity contribution in [1.29, 1.82) is 0 Å². The molecule has 0 aliphatic carbocycles. The quantitative estimate of drug-likeness (QED) is 0.716.